The molecular formula is C22H30O4. The van der Waals surface area contributed by atoms with Crippen LogP contribution in [0, 0.1) is 10.8 Å². The fourth-order valence-electron chi connectivity index (χ4n) is 4.86. The van der Waals surface area contributed by atoms with Crippen molar-refractivity contribution < 1.29 is 19.4 Å². The van der Waals surface area contributed by atoms with Gasteiger partial charge in [0, 0.05) is 5.57 Å². The molecule has 0 heterocycles. The number of aliphatic hydroxyl groups is 1. The van der Waals surface area contributed by atoms with E-state index in [1.54, 1.807) is 13.0 Å². The summed E-state index contributed by atoms with van der Waals surface area (Å²) in [6.07, 6.45) is 10.0. The van der Waals surface area contributed by atoms with E-state index < -0.39 is 22.9 Å². The van der Waals surface area contributed by atoms with Crippen LogP contribution in [0.15, 0.2) is 34.9 Å². The van der Waals surface area contributed by atoms with Gasteiger partial charge >= 0.3 is 5.97 Å². The zero-order chi connectivity index (χ0) is 18.9. The monoisotopic (exact) mass is 358 g/mol. The minimum atomic E-state index is -1.27. The second-order valence-electron chi connectivity index (χ2n) is 7.93. The minimum absolute atomic E-state index is 0.0151. The van der Waals surface area contributed by atoms with E-state index in [2.05, 4.69) is 6.08 Å². The molecule has 0 aromatic heterocycles. The third-order valence-electron chi connectivity index (χ3n) is 6.45. The number of carbonyl (C=O) groups excluding carboxylic acids is 2. The third kappa shape index (κ3) is 2.70. The highest BCUT2D eigenvalue weighted by atomic mass is 16.5. The number of fused-ring (bicyclic) bond motifs is 1. The van der Waals surface area contributed by atoms with Crippen LogP contribution in [-0.4, -0.2) is 29.6 Å². The van der Waals surface area contributed by atoms with Gasteiger partial charge in [-0.2, -0.15) is 0 Å². The summed E-state index contributed by atoms with van der Waals surface area (Å²) >= 11 is 0. The van der Waals surface area contributed by atoms with Gasteiger partial charge in [0.25, 0.3) is 0 Å². The molecule has 0 saturated heterocycles. The van der Waals surface area contributed by atoms with Gasteiger partial charge in [0.1, 0.15) is 5.41 Å². The molecule has 142 valence electrons. The Bertz CT molecular complexity index is 699. The van der Waals surface area contributed by atoms with Gasteiger partial charge in [0.2, 0.25) is 0 Å². The Morgan fingerprint density at radius 3 is 2.81 bits per heavy atom. The van der Waals surface area contributed by atoms with Gasteiger partial charge < -0.3 is 9.84 Å². The van der Waals surface area contributed by atoms with E-state index in [0.29, 0.717) is 12.0 Å². The quantitative estimate of drug-likeness (QED) is 0.595. The maximum Gasteiger partial charge on any atom is 0.319 e. The summed E-state index contributed by atoms with van der Waals surface area (Å²) in [5, 5.41) is 10.9. The fraction of sp³-hybridized carbons (Fsp3) is 0.636. The summed E-state index contributed by atoms with van der Waals surface area (Å²) in [7, 11) is 0. The van der Waals surface area contributed by atoms with Crippen molar-refractivity contribution in [2.24, 2.45) is 10.8 Å². The highest BCUT2D eigenvalue weighted by Crippen LogP contribution is 2.54. The minimum Gasteiger partial charge on any atom is -0.465 e. The molecule has 4 heteroatoms. The molecule has 0 aliphatic heterocycles. The summed E-state index contributed by atoms with van der Waals surface area (Å²) in [5.74, 6) is -0.443. The fourth-order valence-corrected chi connectivity index (χ4v) is 4.86. The summed E-state index contributed by atoms with van der Waals surface area (Å²) in [6, 6.07) is 0. The normalized spacial score (nSPS) is 33.5. The van der Waals surface area contributed by atoms with E-state index in [1.807, 2.05) is 19.9 Å². The molecule has 3 rings (SSSR count). The zero-order valence-corrected chi connectivity index (χ0v) is 16.1. The molecule has 0 amide bonds. The molecule has 3 atom stereocenters. The number of hydrogen-bond acceptors (Lipinski definition) is 4. The average Bonchev–Trinajstić information content (AvgIpc) is 2.96. The molecule has 0 aromatic carbocycles. The molecule has 0 radical (unpaired) electrons. The Balaban J connectivity index is 2.17. The Kier molecular flexibility index (Phi) is 5.25. The molecule has 1 N–H and O–H groups in total. The number of allylic oxidation sites excluding steroid dienone is 4. The average molecular weight is 358 g/mol. The lowest BCUT2D eigenvalue weighted by Crippen LogP contribution is -2.50. The van der Waals surface area contributed by atoms with Crippen molar-refractivity contribution in [3.05, 3.63) is 34.9 Å². The van der Waals surface area contributed by atoms with Crippen LogP contribution in [0.25, 0.3) is 0 Å². The number of ether oxygens (including phenoxy) is 1. The van der Waals surface area contributed by atoms with Crippen molar-refractivity contribution >= 4 is 11.8 Å². The first-order valence-electron chi connectivity index (χ1n) is 9.93. The highest BCUT2D eigenvalue weighted by molar-refractivity contribution is 6.09. The SMILES string of the molecule is CCCC[C@]1(C(=O)OCC)C2=C(C=C[C@@H]1O)CCC1=CCC[C@@]1(C)C2=O. The van der Waals surface area contributed by atoms with Crippen LogP contribution in [0.1, 0.15) is 65.7 Å². The van der Waals surface area contributed by atoms with Gasteiger partial charge in [-0.05, 0) is 51.5 Å². The van der Waals surface area contributed by atoms with Gasteiger partial charge in [-0.25, -0.2) is 0 Å². The Morgan fingerprint density at radius 1 is 1.35 bits per heavy atom. The largest absolute Gasteiger partial charge is 0.465 e. The molecular weight excluding hydrogens is 328 g/mol. The number of aliphatic hydroxyl groups excluding tert-OH is 1. The van der Waals surface area contributed by atoms with Crippen molar-refractivity contribution in [3.63, 3.8) is 0 Å². The molecule has 3 aliphatic rings. The number of esters is 1. The standard InChI is InChI=1S/C22H30O4/c1-4-6-14-22(20(25)26-5-2)17(23)12-10-15-9-11-16-8-7-13-21(16,3)19(24)18(15)22/h8,10,12,17,23H,4-7,9,11,13-14H2,1-3H3/t17-,21+,22+/m0/s1. The molecule has 26 heavy (non-hydrogen) atoms. The third-order valence-corrected chi connectivity index (χ3v) is 6.45. The molecule has 0 aromatic rings. The number of Topliss-reactive ketones (excluding diaryl/α,β-unsaturated/α-hetero) is 1. The van der Waals surface area contributed by atoms with E-state index in [-0.39, 0.29) is 12.4 Å². The van der Waals surface area contributed by atoms with Crippen molar-refractivity contribution in [3.8, 4) is 0 Å². The molecule has 0 unspecified atom stereocenters. The van der Waals surface area contributed by atoms with Gasteiger partial charge in [0.15, 0.2) is 5.78 Å². The first kappa shape index (κ1) is 19.1. The van der Waals surface area contributed by atoms with Crippen molar-refractivity contribution in [1.29, 1.82) is 0 Å². The maximum atomic E-state index is 13.8. The number of rotatable bonds is 5. The van der Waals surface area contributed by atoms with Crippen molar-refractivity contribution in [2.75, 3.05) is 6.61 Å². The molecule has 0 bridgehead atoms. The summed E-state index contributed by atoms with van der Waals surface area (Å²) in [5.41, 5.74) is 0.793. The van der Waals surface area contributed by atoms with E-state index in [4.69, 9.17) is 4.74 Å². The van der Waals surface area contributed by atoms with Gasteiger partial charge in [-0.15, -0.1) is 0 Å². The maximum absolute atomic E-state index is 13.8. The molecule has 0 saturated carbocycles. The highest BCUT2D eigenvalue weighted by Gasteiger charge is 2.57. The van der Waals surface area contributed by atoms with E-state index in [9.17, 15) is 14.7 Å². The van der Waals surface area contributed by atoms with Gasteiger partial charge in [0.05, 0.1) is 18.1 Å². The Hall–Kier alpha value is -1.68. The number of ketones is 1. The lowest BCUT2D eigenvalue weighted by Gasteiger charge is -2.41. The number of carbonyl (C=O) groups is 2. The summed E-state index contributed by atoms with van der Waals surface area (Å²) in [4.78, 5) is 26.9. The van der Waals surface area contributed by atoms with Crippen molar-refractivity contribution in [1.82, 2.24) is 0 Å². The predicted molar refractivity (Wildman–Crippen MR) is 100 cm³/mol. The lowest BCUT2D eigenvalue weighted by molar-refractivity contribution is -0.160. The van der Waals surface area contributed by atoms with E-state index in [1.165, 1.54) is 5.57 Å². The summed E-state index contributed by atoms with van der Waals surface area (Å²) in [6.45, 7) is 6.06. The van der Waals surface area contributed by atoms with Gasteiger partial charge in [-0.3, -0.25) is 9.59 Å². The second kappa shape index (κ2) is 7.15. The van der Waals surface area contributed by atoms with Crippen LogP contribution in [0.3, 0.4) is 0 Å². The number of unbranched alkanes of at least 4 members (excludes halogenated alkanes) is 1. The van der Waals surface area contributed by atoms with Crippen molar-refractivity contribution in [2.45, 2.75) is 71.8 Å². The molecule has 4 nitrogen and oxygen atoms in total. The van der Waals surface area contributed by atoms with Crippen LogP contribution in [-0.2, 0) is 14.3 Å². The predicted octanol–water partition coefficient (Wildman–Crippen LogP) is 4.04. The van der Waals surface area contributed by atoms with Crippen LogP contribution in [0.5, 0.6) is 0 Å². The first-order chi connectivity index (χ1) is 12.4. The van der Waals surface area contributed by atoms with Gasteiger partial charge in [-0.1, -0.05) is 43.6 Å². The van der Waals surface area contributed by atoms with Crippen LogP contribution in [0.2, 0.25) is 0 Å². The number of hydrogen-bond donors (Lipinski definition) is 1. The Labute approximate surface area is 156 Å². The van der Waals surface area contributed by atoms with Crippen LogP contribution < -0.4 is 0 Å². The van der Waals surface area contributed by atoms with Crippen LogP contribution >= 0.6 is 0 Å². The first-order valence-corrected chi connectivity index (χ1v) is 9.93. The zero-order valence-electron chi connectivity index (χ0n) is 16.1. The van der Waals surface area contributed by atoms with E-state index in [0.717, 1.165) is 44.1 Å². The topological polar surface area (TPSA) is 63.6 Å². The smallest absolute Gasteiger partial charge is 0.319 e. The van der Waals surface area contributed by atoms with E-state index >= 15 is 0 Å². The van der Waals surface area contributed by atoms with Crippen LogP contribution in [0.4, 0.5) is 0 Å². The lowest BCUT2D eigenvalue weighted by atomic mass is 9.62. The Morgan fingerprint density at radius 2 is 2.12 bits per heavy atom. The molecule has 3 aliphatic carbocycles. The summed E-state index contributed by atoms with van der Waals surface area (Å²) < 4.78 is 5.40. The molecule has 0 spiro atoms. The second-order valence-corrected chi connectivity index (χ2v) is 7.93. The molecule has 0 fully saturated rings.